The molecule has 7 amide bonds. The van der Waals surface area contributed by atoms with Crippen molar-refractivity contribution in [3.05, 3.63) is 59.1 Å². The second-order valence-electron chi connectivity index (χ2n) is 12.4. The molecular weight excluding hydrogens is 743 g/mol. The zero-order valence-electron chi connectivity index (χ0n) is 30.0. The fourth-order valence-electron chi connectivity index (χ4n) is 4.86. The van der Waals surface area contributed by atoms with Gasteiger partial charge in [0.1, 0.15) is 24.2 Å². The van der Waals surface area contributed by atoms with Crippen LogP contribution in [0.15, 0.2) is 48.5 Å². The van der Waals surface area contributed by atoms with E-state index in [9.17, 15) is 38.7 Å². The number of unbranched alkanes of at least 4 members (excludes halogenated alkanes) is 1. The normalized spacial score (nSPS) is 14.1. The molecule has 22 heteroatoms. The van der Waals surface area contributed by atoms with Crippen LogP contribution in [0.25, 0.3) is 11.1 Å². The molecule has 0 saturated carbocycles. The predicted octanol–water partition coefficient (Wildman–Crippen LogP) is -4.22. The number of carbonyl (C=O) groups is 7. The number of primary amides is 1. The lowest BCUT2D eigenvalue weighted by molar-refractivity contribution is -0.136. The van der Waals surface area contributed by atoms with Gasteiger partial charge < -0.3 is 70.0 Å². The van der Waals surface area contributed by atoms with E-state index >= 15 is 0 Å². The van der Waals surface area contributed by atoms with Crippen molar-refractivity contribution in [3.8, 4) is 11.1 Å². The summed E-state index contributed by atoms with van der Waals surface area (Å²) in [5.41, 5.74) is 24.0. The third-order valence-corrected chi connectivity index (χ3v) is 8.12. The van der Waals surface area contributed by atoms with E-state index in [0.717, 1.165) is 18.1 Å². The molecule has 0 aliphatic carbocycles. The molecule has 0 spiro atoms. The summed E-state index contributed by atoms with van der Waals surface area (Å²) in [5.74, 6) is -6.42. The highest BCUT2D eigenvalue weighted by Gasteiger charge is 2.33. The minimum absolute atomic E-state index is 0.0719. The topological polar surface area (TPSA) is 356 Å². The summed E-state index contributed by atoms with van der Waals surface area (Å²) in [5, 5.41) is 42.7. The second-order valence-corrected chi connectivity index (χ2v) is 12.8. The first kappa shape index (κ1) is 46.0. The van der Waals surface area contributed by atoms with Crippen LogP contribution in [0.3, 0.4) is 0 Å². The average molecular weight is 791 g/mol. The summed E-state index contributed by atoms with van der Waals surface area (Å²) in [4.78, 5) is 88.5. The van der Waals surface area contributed by atoms with Crippen LogP contribution in [0.2, 0.25) is 5.02 Å². The van der Waals surface area contributed by atoms with Crippen molar-refractivity contribution in [1.29, 1.82) is 0 Å². The highest BCUT2D eigenvalue weighted by Crippen LogP contribution is 2.22. The molecule has 2 aromatic rings. The van der Waals surface area contributed by atoms with Crippen molar-refractivity contribution in [3.63, 3.8) is 0 Å². The molecule has 0 heterocycles. The van der Waals surface area contributed by atoms with Gasteiger partial charge in [-0.05, 0) is 68.1 Å². The number of halogens is 1. The van der Waals surface area contributed by atoms with Crippen LogP contribution in [0.5, 0.6) is 0 Å². The van der Waals surface area contributed by atoms with Crippen molar-refractivity contribution in [2.45, 2.75) is 75.5 Å². The summed E-state index contributed by atoms with van der Waals surface area (Å²) < 4.78 is 0. The molecule has 300 valence electrons. The van der Waals surface area contributed by atoms with Gasteiger partial charge in [0.15, 0.2) is 6.17 Å². The first-order valence-electron chi connectivity index (χ1n) is 17.1. The number of carbonyl (C=O) groups excluding carboxylic acids is 7. The molecule has 2 aromatic carbocycles. The van der Waals surface area contributed by atoms with E-state index in [-0.39, 0.29) is 19.4 Å². The van der Waals surface area contributed by atoms with Crippen molar-refractivity contribution in [2.75, 3.05) is 13.1 Å². The SMILES string of the molecule is CC(O)[C@H](NC(=O)[C@H](CCCCN)NC(=O)CCNC(=O)c1ccc(-c2ccc(Cl)cc2)cc1)C(=O)N[C@@H](N)C(=O)N[C@@H](CC(N)=O)C(=O)N[C@@H](N)B(O)O. The van der Waals surface area contributed by atoms with Crippen LogP contribution < -0.4 is 54.8 Å². The van der Waals surface area contributed by atoms with Crippen LogP contribution in [-0.2, 0) is 28.8 Å². The number of rotatable bonds is 22. The van der Waals surface area contributed by atoms with Crippen LogP contribution in [-0.4, -0.2) is 113 Å². The zero-order chi connectivity index (χ0) is 41.2. The number of hydrogen-bond donors (Lipinski definition) is 13. The van der Waals surface area contributed by atoms with E-state index in [1.807, 2.05) is 17.4 Å². The van der Waals surface area contributed by atoms with Crippen molar-refractivity contribution >= 4 is 60.1 Å². The Kier molecular flexibility index (Phi) is 19.2. The van der Waals surface area contributed by atoms with Crippen LogP contribution in [0.1, 0.15) is 49.4 Å². The number of benzene rings is 2. The second kappa shape index (κ2) is 22.9. The Labute approximate surface area is 322 Å². The van der Waals surface area contributed by atoms with Gasteiger partial charge in [0.05, 0.1) is 12.5 Å². The Morgan fingerprint density at radius 3 is 1.89 bits per heavy atom. The van der Waals surface area contributed by atoms with E-state index in [1.165, 1.54) is 0 Å². The third-order valence-electron chi connectivity index (χ3n) is 7.87. The van der Waals surface area contributed by atoms with Gasteiger partial charge >= 0.3 is 7.12 Å². The van der Waals surface area contributed by atoms with Gasteiger partial charge in [0.25, 0.3) is 11.8 Å². The zero-order valence-corrected chi connectivity index (χ0v) is 30.8. The maximum absolute atomic E-state index is 13.3. The molecule has 0 aliphatic rings. The quantitative estimate of drug-likeness (QED) is 0.0306. The molecule has 2 rings (SSSR count). The van der Waals surface area contributed by atoms with Gasteiger partial charge in [-0.25, -0.2) is 0 Å². The van der Waals surface area contributed by atoms with Crippen molar-refractivity contribution in [1.82, 2.24) is 31.9 Å². The predicted molar refractivity (Wildman–Crippen MR) is 200 cm³/mol. The summed E-state index contributed by atoms with van der Waals surface area (Å²) >= 11 is 5.94. The van der Waals surface area contributed by atoms with Gasteiger partial charge in [-0.2, -0.15) is 0 Å². The number of nitrogens with one attached hydrogen (secondary N) is 6. The fourth-order valence-corrected chi connectivity index (χ4v) is 4.98. The first-order chi connectivity index (χ1) is 25.9. The summed E-state index contributed by atoms with van der Waals surface area (Å²) in [6.07, 6.45) is -3.42. The largest absolute Gasteiger partial charge is 0.490 e. The van der Waals surface area contributed by atoms with E-state index in [4.69, 9.17) is 44.6 Å². The van der Waals surface area contributed by atoms with Gasteiger partial charge in [-0.15, -0.1) is 0 Å². The van der Waals surface area contributed by atoms with E-state index < -0.39 is 91.3 Å². The van der Waals surface area contributed by atoms with E-state index in [2.05, 4.69) is 26.6 Å². The number of aliphatic hydroxyl groups excluding tert-OH is 1. The van der Waals surface area contributed by atoms with Crippen molar-refractivity contribution in [2.24, 2.45) is 22.9 Å². The Hall–Kier alpha value is -5.16. The smallest absolute Gasteiger partial charge is 0.425 e. The number of nitrogens with two attached hydrogens (primary N) is 4. The van der Waals surface area contributed by atoms with Gasteiger partial charge in [0, 0.05) is 23.6 Å². The van der Waals surface area contributed by atoms with Gasteiger partial charge in [-0.1, -0.05) is 35.9 Å². The minimum atomic E-state index is -2.18. The van der Waals surface area contributed by atoms with E-state index in [1.54, 1.807) is 36.4 Å². The molecule has 0 aromatic heterocycles. The summed E-state index contributed by atoms with van der Waals surface area (Å²) in [6, 6.07) is 7.74. The van der Waals surface area contributed by atoms with Gasteiger partial charge in [0.2, 0.25) is 29.5 Å². The molecule has 17 N–H and O–H groups in total. The highest BCUT2D eigenvalue weighted by molar-refractivity contribution is 6.43. The standard InChI is InChI=1S/C33H48BClN10O10/c1-17(46)26(31(52)44-27(38)32(53)42-23(16-24(37)47)30(51)45-33(39)34(54)55)43-29(50)22(4-2-3-14-36)41-25(48)13-15-40-28(49)20-7-5-18(6-8-20)19-9-11-21(35)12-10-19/h5-12,17,22-23,26-27,33,46,54-55H,2-4,13-16,36,38-39H2,1H3,(H2,37,47)(H,40,49)(H,41,48)(H,42,53)(H,43,50)(H,44,52)(H,45,51)/t17?,22-,23-,26-,27+,33+/m0/s1. The molecule has 0 aliphatic heterocycles. The molecule has 20 nitrogen and oxygen atoms in total. The van der Waals surface area contributed by atoms with Crippen LogP contribution >= 0.6 is 11.6 Å². The average Bonchev–Trinajstić information content (AvgIpc) is 3.12. The first-order valence-corrected chi connectivity index (χ1v) is 17.5. The van der Waals surface area contributed by atoms with Crippen LogP contribution in [0, 0.1) is 0 Å². The van der Waals surface area contributed by atoms with Crippen LogP contribution in [0.4, 0.5) is 0 Å². The minimum Gasteiger partial charge on any atom is -0.425 e. The lowest BCUT2D eigenvalue weighted by Gasteiger charge is -2.26. The lowest BCUT2D eigenvalue weighted by Crippen LogP contribution is -2.63. The number of aliphatic hydroxyl groups is 1. The Balaban J connectivity index is 2.00. The molecule has 1 unspecified atom stereocenters. The maximum Gasteiger partial charge on any atom is 0.490 e. The molecule has 0 fully saturated rings. The number of hydrogen-bond acceptors (Lipinski definition) is 13. The maximum atomic E-state index is 13.3. The van der Waals surface area contributed by atoms with Crippen molar-refractivity contribution < 1.29 is 48.7 Å². The fraction of sp³-hybridized carbons (Fsp3) is 0.424. The molecular formula is C33H48BClN10O10. The molecule has 6 atom stereocenters. The third kappa shape index (κ3) is 16.0. The Morgan fingerprint density at radius 2 is 1.35 bits per heavy atom. The van der Waals surface area contributed by atoms with E-state index in [0.29, 0.717) is 30.0 Å². The molecule has 0 bridgehead atoms. The monoisotopic (exact) mass is 790 g/mol. The highest BCUT2D eigenvalue weighted by atomic mass is 35.5. The molecule has 0 radical (unpaired) electrons. The van der Waals surface area contributed by atoms with Gasteiger partial charge in [-0.3, -0.25) is 33.6 Å². The Morgan fingerprint density at radius 1 is 0.764 bits per heavy atom. The number of amides is 7. The molecule has 0 saturated heterocycles. The lowest BCUT2D eigenvalue weighted by atomic mass is 9.86. The Bertz CT molecular complexity index is 1640. The molecule has 55 heavy (non-hydrogen) atoms. The summed E-state index contributed by atoms with van der Waals surface area (Å²) in [7, 11) is -2.18. The summed E-state index contributed by atoms with van der Waals surface area (Å²) in [6.45, 7) is 1.39.